The fraction of sp³-hybridized carbons (Fsp3) is 0.632. The zero-order chi connectivity index (χ0) is 20.6. The van der Waals surface area contributed by atoms with Crippen LogP contribution in [0.3, 0.4) is 0 Å². The molecule has 0 atom stereocenters. The molecule has 0 amide bonds. The summed E-state index contributed by atoms with van der Waals surface area (Å²) >= 11 is 0. The number of likely N-dealkylation sites (N-methyl/N-ethyl adjacent to an activating group) is 1. The maximum absolute atomic E-state index is 12.4. The van der Waals surface area contributed by atoms with Gasteiger partial charge in [0.1, 0.15) is 5.75 Å². The number of guanidine groups is 1. The van der Waals surface area contributed by atoms with Crippen molar-refractivity contribution in [1.29, 1.82) is 0 Å². The molecular formula is C19H31F3IN5O. The van der Waals surface area contributed by atoms with Crippen LogP contribution in [0.1, 0.15) is 6.92 Å². The number of ether oxygens (including phenoxy) is 1. The zero-order valence-corrected chi connectivity index (χ0v) is 19.5. The van der Waals surface area contributed by atoms with Crippen LogP contribution < -0.4 is 15.0 Å². The maximum Gasteiger partial charge on any atom is 0.401 e. The number of hydrogen-bond donors (Lipinski definition) is 1. The van der Waals surface area contributed by atoms with Crippen molar-refractivity contribution in [2.45, 2.75) is 13.1 Å². The summed E-state index contributed by atoms with van der Waals surface area (Å²) in [5.74, 6) is 1.60. The van der Waals surface area contributed by atoms with E-state index in [9.17, 15) is 13.2 Å². The van der Waals surface area contributed by atoms with Gasteiger partial charge in [-0.15, -0.1) is 24.0 Å². The smallest absolute Gasteiger partial charge is 0.401 e. The molecule has 1 aliphatic rings. The van der Waals surface area contributed by atoms with Crippen LogP contribution >= 0.6 is 24.0 Å². The molecule has 166 valence electrons. The molecular weight excluding hydrogens is 498 g/mol. The molecule has 1 aliphatic heterocycles. The Hall–Kier alpha value is -1.43. The Labute approximate surface area is 188 Å². The normalized spacial score (nSPS) is 15.3. The molecule has 0 spiro atoms. The number of alkyl halides is 3. The highest BCUT2D eigenvalue weighted by atomic mass is 127. The molecule has 2 rings (SSSR count). The van der Waals surface area contributed by atoms with E-state index in [1.54, 1.807) is 7.11 Å². The predicted octanol–water partition coefficient (Wildman–Crippen LogP) is 2.89. The number of benzene rings is 1. The second-order valence-electron chi connectivity index (χ2n) is 6.73. The summed E-state index contributed by atoms with van der Waals surface area (Å²) in [6, 6.07) is 7.94. The fourth-order valence-corrected chi connectivity index (χ4v) is 3.19. The lowest BCUT2D eigenvalue weighted by atomic mass is 10.2. The predicted molar refractivity (Wildman–Crippen MR) is 122 cm³/mol. The van der Waals surface area contributed by atoms with Crippen molar-refractivity contribution in [1.82, 2.24) is 15.1 Å². The quantitative estimate of drug-likeness (QED) is 0.335. The van der Waals surface area contributed by atoms with Crippen molar-refractivity contribution in [2.24, 2.45) is 4.99 Å². The summed E-state index contributed by atoms with van der Waals surface area (Å²) < 4.78 is 42.7. The Balaban J connectivity index is 0.00000420. The van der Waals surface area contributed by atoms with Gasteiger partial charge in [-0.05, 0) is 26.1 Å². The fourth-order valence-electron chi connectivity index (χ4n) is 3.19. The SMILES string of the molecule is CCNC(=NCCN(C)CC(F)(F)F)N1CCN(c2ccccc2OC)CC1.I. The van der Waals surface area contributed by atoms with Gasteiger partial charge in [0.15, 0.2) is 5.96 Å². The highest BCUT2D eigenvalue weighted by Crippen LogP contribution is 2.28. The summed E-state index contributed by atoms with van der Waals surface area (Å²) in [7, 11) is 3.13. The number of piperazine rings is 1. The molecule has 1 aromatic carbocycles. The highest BCUT2D eigenvalue weighted by Gasteiger charge is 2.29. The van der Waals surface area contributed by atoms with Gasteiger partial charge < -0.3 is 19.9 Å². The third kappa shape index (κ3) is 8.45. The van der Waals surface area contributed by atoms with Crippen LogP contribution in [0.2, 0.25) is 0 Å². The molecule has 1 heterocycles. The lowest BCUT2D eigenvalue weighted by Crippen LogP contribution is -2.52. The number of methoxy groups -OCH3 is 1. The van der Waals surface area contributed by atoms with Gasteiger partial charge in [-0.25, -0.2) is 0 Å². The lowest BCUT2D eigenvalue weighted by molar-refractivity contribution is -0.142. The van der Waals surface area contributed by atoms with Gasteiger partial charge in [-0.2, -0.15) is 13.2 Å². The molecule has 0 aromatic heterocycles. The number of rotatable bonds is 7. The number of aliphatic imine (C=N–C) groups is 1. The third-order valence-electron chi connectivity index (χ3n) is 4.53. The van der Waals surface area contributed by atoms with E-state index in [0.29, 0.717) is 13.1 Å². The number of anilines is 1. The second-order valence-corrected chi connectivity index (χ2v) is 6.73. The molecule has 29 heavy (non-hydrogen) atoms. The number of nitrogens with one attached hydrogen (secondary N) is 1. The third-order valence-corrected chi connectivity index (χ3v) is 4.53. The first-order valence-electron chi connectivity index (χ1n) is 9.50. The summed E-state index contributed by atoms with van der Waals surface area (Å²) in [5, 5.41) is 3.24. The summed E-state index contributed by atoms with van der Waals surface area (Å²) in [4.78, 5) is 10.2. The molecule has 1 aromatic rings. The standard InChI is InChI=1S/C19H30F3N5O.HI/c1-4-23-18(24-9-10-25(2)15-19(20,21)22)27-13-11-26(12-14-27)16-7-5-6-8-17(16)28-3;/h5-8H,4,9-15H2,1-3H3,(H,23,24);1H. The molecule has 1 saturated heterocycles. The van der Waals surface area contributed by atoms with Crippen molar-refractivity contribution in [3.8, 4) is 5.75 Å². The van der Waals surface area contributed by atoms with E-state index in [-0.39, 0.29) is 30.5 Å². The molecule has 1 N–H and O–H groups in total. The Morgan fingerprint density at radius 3 is 2.45 bits per heavy atom. The number of halogens is 4. The molecule has 6 nitrogen and oxygen atoms in total. The average molecular weight is 529 g/mol. The first kappa shape index (κ1) is 25.6. The lowest BCUT2D eigenvalue weighted by Gasteiger charge is -2.38. The van der Waals surface area contributed by atoms with Crippen molar-refractivity contribution < 1.29 is 17.9 Å². The topological polar surface area (TPSA) is 43.3 Å². The monoisotopic (exact) mass is 529 g/mol. The van der Waals surface area contributed by atoms with Crippen molar-refractivity contribution >= 4 is 35.6 Å². The Kier molecular flexibility index (Phi) is 10.9. The van der Waals surface area contributed by atoms with Gasteiger partial charge in [-0.1, -0.05) is 12.1 Å². The van der Waals surface area contributed by atoms with E-state index < -0.39 is 12.7 Å². The van der Waals surface area contributed by atoms with Crippen LogP contribution in [0.4, 0.5) is 18.9 Å². The van der Waals surface area contributed by atoms with Crippen LogP contribution in [0, 0.1) is 0 Å². The van der Waals surface area contributed by atoms with Crippen molar-refractivity contribution in [3.05, 3.63) is 24.3 Å². The van der Waals surface area contributed by atoms with Gasteiger partial charge >= 0.3 is 6.18 Å². The largest absolute Gasteiger partial charge is 0.495 e. The number of nitrogens with zero attached hydrogens (tertiary/aromatic N) is 4. The molecule has 0 bridgehead atoms. The number of para-hydroxylation sites is 2. The van der Waals surface area contributed by atoms with Gasteiger partial charge in [0.25, 0.3) is 0 Å². The minimum absolute atomic E-state index is 0. The Morgan fingerprint density at radius 2 is 1.86 bits per heavy atom. The summed E-state index contributed by atoms with van der Waals surface area (Å²) in [6.45, 7) is 5.55. The minimum atomic E-state index is -4.18. The van der Waals surface area contributed by atoms with Gasteiger partial charge in [0.05, 0.1) is 25.9 Å². The summed E-state index contributed by atoms with van der Waals surface area (Å²) in [5.41, 5.74) is 1.07. The molecule has 0 saturated carbocycles. The Morgan fingerprint density at radius 1 is 1.21 bits per heavy atom. The second kappa shape index (κ2) is 12.3. The highest BCUT2D eigenvalue weighted by molar-refractivity contribution is 14.0. The Bertz CT molecular complexity index is 637. The first-order valence-corrected chi connectivity index (χ1v) is 9.50. The number of hydrogen-bond acceptors (Lipinski definition) is 4. The minimum Gasteiger partial charge on any atom is -0.495 e. The van der Waals surface area contributed by atoms with Crippen LogP contribution in [0.5, 0.6) is 5.75 Å². The maximum atomic E-state index is 12.4. The van der Waals surface area contributed by atoms with Crippen LogP contribution in [0.25, 0.3) is 0 Å². The van der Waals surface area contributed by atoms with E-state index in [1.165, 1.54) is 11.9 Å². The van der Waals surface area contributed by atoms with Crippen LogP contribution in [-0.4, -0.2) is 88.5 Å². The first-order chi connectivity index (χ1) is 13.3. The van der Waals surface area contributed by atoms with Crippen LogP contribution in [0.15, 0.2) is 29.3 Å². The van der Waals surface area contributed by atoms with E-state index in [0.717, 1.165) is 43.6 Å². The zero-order valence-electron chi connectivity index (χ0n) is 17.2. The average Bonchev–Trinajstić information content (AvgIpc) is 2.66. The van der Waals surface area contributed by atoms with Crippen molar-refractivity contribution in [2.75, 3.05) is 71.4 Å². The van der Waals surface area contributed by atoms with Gasteiger partial charge in [0.2, 0.25) is 0 Å². The van der Waals surface area contributed by atoms with E-state index in [4.69, 9.17) is 4.74 Å². The molecule has 10 heteroatoms. The summed E-state index contributed by atoms with van der Waals surface area (Å²) in [6.07, 6.45) is -4.18. The molecule has 0 unspecified atom stereocenters. The van der Waals surface area contributed by atoms with E-state index in [2.05, 4.69) is 20.1 Å². The molecule has 0 aliphatic carbocycles. The van der Waals surface area contributed by atoms with Gasteiger partial charge in [0, 0.05) is 39.3 Å². The van der Waals surface area contributed by atoms with E-state index in [1.807, 2.05) is 31.2 Å². The van der Waals surface area contributed by atoms with Gasteiger partial charge in [-0.3, -0.25) is 9.89 Å². The molecule has 1 fully saturated rings. The van der Waals surface area contributed by atoms with E-state index >= 15 is 0 Å². The van der Waals surface area contributed by atoms with Crippen LogP contribution in [-0.2, 0) is 0 Å². The van der Waals surface area contributed by atoms with Crippen molar-refractivity contribution in [3.63, 3.8) is 0 Å². The molecule has 0 radical (unpaired) electrons.